The summed E-state index contributed by atoms with van der Waals surface area (Å²) >= 11 is 1.79. The maximum absolute atomic E-state index is 4.24. The van der Waals surface area contributed by atoms with Crippen molar-refractivity contribution in [3.63, 3.8) is 0 Å². The Bertz CT molecular complexity index is 333. The second-order valence-electron chi connectivity index (χ2n) is 4.84. The summed E-state index contributed by atoms with van der Waals surface area (Å²) in [6.07, 6.45) is 8.51. The van der Waals surface area contributed by atoms with Gasteiger partial charge in [0.2, 0.25) is 0 Å². The van der Waals surface area contributed by atoms with E-state index >= 15 is 0 Å². The minimum Gasteiger partial charge on any atom is -0.313 e. The SMILES string of the molecule is CC(CNC1CCCCC1)Sc1ncnn1C. The van der Waals surface area contributed by atoms with Crippen LogP contribution < -0.4 is 5.32 Å². The van der Waals surface area contributed by atoms with E-state index in [9.17, 15) is 0 Å². The summed E-state index contributed by atoms with van der Waals surface area (Å²) in [6, 6.07) is 0.742. The summed E-state index contributed by atoms with van der Waals surface area (Å²) in [6.45, 7) is 3.30. The largest absolute Gasteiger partial charge is 0.313 e. The third-order valence-electron chi connectivity index (χ3n) is 3.28. The summed E-state index contributed by atoms with van der Waals surface area (Å²) in [5, 5.41) is 9.30. The molecule has 1 aliphatic carbocycles. The van der Waals surface area contributed by atoms with Crippen LogP contribution in [0.4, 0.5) is 0 Å². The summed E-state index contributed by atoms with van der Waals surface area (Å²) in [5.74, 6) is 0. The number of hydrogen-bond acceptors (Lipinski definition) is 4. The molecule has 1 aromatic heterocycles. The Balaban J connectivity index is 1.70. The van der Waals surface area contributed by atoms with Gasteiger partial charge in [0.1, 0.15) is 6.33 Å². The zero-order valence-corrected chi connectivity index (χ0v) is 11.5. The molecule has 0 radical (unpaired) electrons. The Morgan fingerprint density at radius 3 is 2.88 bits per heavy atom. The molecule has 0 bridgehead atoms. The van der Waals surface area contributed by atoms with Gasteiger partial charge in [-0.05, 0) is 12.8 Å². The van der Waals surface area contributed by atoms with Gasteiger partial charge in [-0.25, -0.2) is 9.67 Å². The Hall–Kier alpha value is -0.550. The number of thioether (sulfide) groups is 1. The lowest BCUT2D eigenvalue weighted by Gasteiger charge is -2.24. The molecular formula is C12H22N4S. The van der Waals surface area contributed by atoms with Gasteiger partial charge in [-0.1, -0.05) is 37.9 Å². The number of aromatic nitrogens is 3. The van der Waals surface area contributed by atoms with E-state index in [1.165, 1.54) is 32.1 Å². The average molecular weight is 254 g/mol. The van der Waals surface area contributed by atoms with Crippen molar-refractivity contribution in [2.75, 3.05) is 6.54 Å². The van der Waals surface area contributed by atoms with Crippen LogP contribution in [0.1, 0.15) is 39.0 Å². The first-order valence-electron chi connectivity index (χ1n) is 6.49. The number of nitrogens with one attached hydrogen (secondary N) is 1. The van der Waals surface area contributed by atoms with Crippen molar-refractivity contribution in [2.24, 2.45) is 7.05 Å². The molecule has 0 spiro atoms. The highest BCUT2D eigenvalue weighted by atomic mass is 32.2. The van der Waals surface area contributed by atoms with Crippen LogP contribution in [0, 0.1) is 0 Å². The van der Waals surface area contributed by atoms with E-state index in [2.05, 4.69) is 22.3 Å². The van der Waals surface area contributed by atoms with Gasteiger partial charge >= 0.3 is 0 Å². The van der Waals surface area contributed by atoms with Crippen LogP contribution in [-0.4, -0.2) is 32.6 Å². The summed E-state index contributed by atoms with van der Waals surface area (Å²) < 4.78 is 1.84. The molecule has 0 saturated heterocycles. The molecule has 0 amide bonds. The molecule has 1 heterocycles. The molecular weight excluding hydrogens is 232 g/mol. The zero-order valence-electron chi connectivity index (χ0n) is 10.7. The van der Waals surface area contributed by atoms with Gasteiger partial charge < -0.3 is 5.32 Å². The highest BCUT2D eigenvalue weighted by molar-refractivity contribution is 7.99. The maximum atomic E-state index is 4.24. The lowest BCUT2D eigenvalue weighted by Crippen LogP contribution is -2.35. The van der Waals surface area contributed by atoms with Crippen LogP contribution in [0.5, 0.6) is 0 Å². The zero-order chi connectivity index (χ0) is 12.1. The monoisotopic (exact) mass is 254 g/mol. The first-order chi connectivity index (χ1) is 8.25. The first kappa shape index (κ1) is 12.9. The van der Waals surface area contributed by atoms with Gasteiger partial charge in [0.15, 0.2) is 5.16 Å². The molecule has 1 saturated carbocycles. The van der Waals surface area contributed by atoms with Crippen LogP contribution in [0.25, 0.3) is 0 Å². The minimum atomic E-state index is 0.542. The van der Waals surface area contributed by atoms with Crippen LogP contribution in [0.2, 0.25) is 0 Å². The summed E-state index contributed by atoms with van der Waals surface area (Å²) in [5.41, 5.74) is 0. The first-order valence-corrected chi connectivity index (χ1v) is 7.37. The predicted octanol–water partition coefficient (Wildman–Crippen LogP) is 2.22. The number of nitrogens with zero attached hydrogens (tertiary/aromatic N) is 3. The number of aryl methyl sites for hydroxylation is 1. The van der Waals surface area contributed by atoms with Crippen molar-refractivity contribution < 1.29 is 0 Å². The molecule has 4 nitrogen and oxygen atoms in total. The third kappa shape index (κ3) is 4.00. The van der Waals surface area contributed by atoms with Crippen molar-refractivity contribution in [1.29, 1.82) is 0 Å². The predicted molar refractivity (Wildman–Crippen MR) is 71.2 cm³/mol. The molecule has 5 heteroatoms. The van der Waals surface area contributed by atoms with Gasteiger partial charge in [-0.15, -0.1) is 0 Å². The Morgan fingerprint density at radius 2 is 2.24 bits per heavy atom. The Kier molecular flexibility index (Phi) is 4.86. The normalized spacial score (nSPS) is 19.4. The van der Waals surface area contributed by atoms with Gasteiger partial charge in [0.05, 0.1) is 0 Å². The number of hydrogen-bond donors (Lipinski definition) is 1. The average Bonchev–Trinajstić information content (AvgIpc) is 2.74. The Morgan fingerprint density at radius 1 is 1.47 bits per heavy atom. The summed E-state index contributed by atoms with van der Waals surface area (Å²) in [4.78, 5) is 4.24. The highest BCUT2D eigenvalue weighted by Gasteiger charge is 2.15. The molecule has 1 atom stereocenters. The standard InChI is InChI=1S/C12H22N4S/c1-10(17-12-14-9-15-16(12)2)8-13-11-6-4-3-5-7-11/h9-11,13H,3-8H2,1-2H3. The van der Waals surface area contributed by atoms with Gasteiger partial charge in [0, 0.05) is 24.9 Å². The van der Waals surface area contributed by atoms with Crippen molar-refractivity contribution in [1.82, 2.24) is 20.1 Å². The third-order valence-corrected chi connectivity index (χ3v) is 4.43. The fourth-order valence-electron chi connectivity index (χ4n) is 2.25. The molecule has 17 heavy (non-hydrogen) atoms. The molecule has 2 rings (SSSR count). The molecule has 1 fully saturated rings. The summed E-state index contributed by atoms with van der Waals surface area (Å²) in [7, 11) is 1.94. The van der Waals surface area contributed by atoms with Gasteiger partial charge in [-0.2, -0.15) is 5.10 Å². The molecule has 0 aliphatic heterocycles. The van der Waals surface area contributed by atoms with Crippen LogP contribution >= 0.6 is 11.8 Å². The minimum absolute atomic E-state index is 0.542. The van der Waals surface area contributed by atoms with E-state index in [1.807, 2.05) is 11.7 Å². The molecule has 1 unspecified atom stereocenters. The van der Waals surface area contributed by atoms with E-state index in [4.69, 9.17) is 0 Å². The lowest BCUT2D eigenvalue weighted by molar-refractivity contribution is 0.375. The molecule has 1 aromatic rings. The van der Waals surface area contributed by atoms with Crippen molar-refractivity contribution in [3.8, 4) is 0 Å². The molecule has 1 aliphatic rings. The van der Waals surface area contributed by atoms with E-state index in [0.29, 0.717) is 5.25 Å². The number of rotatable bonds is 5. The Labute approximate surface area is 108 Å². The second-order valence-corrected chi connectivity index (χ2v) is 6.24. The van der Waals surface area contributed by atoms with E-state index in [-0.39, 0.29) is 0 Å². The van der Waals surface area contributed by atoms with Gasteiger partial charge in [-0.3, -0.25) is 0 Å². The van der Waals surface area contributed by atoms with E-state index in [0.717, 1.165) is 17.7 Å². The van der Waals surface area contributed by atoms with Crippen LogP contribution in [0.3, 0.4) is 0 Å². The second kappa shape index (κ2) is 6.40. The fourth-order valence-corrected chi connectivity index (χ4v) is 3.10. The topological polar surface area (TPSA) is 42.7 Å². The maximum Gasteiger partial charge on any atom is 0.186 e. The fraction of sp³-hybridized carbons (Fsp3) is 0.833. The molecule has 1 N–H and O–H groups in total. The van der Waals surface area contributed by atoms with E-state index < -0.39 is 0 Å². The van der Waals surface area contributed by atoms with E-state index in [1.54, 1.807) is 18.1 Å². The molecule has 96 valence electrons. The van der Waals surface area contributed by atoms with Crippen molar-refractivity contribution in [2.45, 2.75) is 55.5 Å². The lowest BCUT2D eigenvalue weighted by atomic mass is 9.95. The molecule has 0 aromatic carbocycles. The van der Waals surface area contributed by atoms with Gasteiger partial charge in [0.25, 0.3) is 0 Å². The highest BCUT2D eigenvalue weighted by Crippen LogP contribution is 2.21. The van der Waals surface area contributed by atoms with Crippen LogP contribution in [-0.2, 0) is 7.05 Å². The van der Waals surface area contributed by atoms with Crippen LogP contribution in [0.15, 0.2) is 11.5 Å². The van der Waals surface area contributed by atoms with Crippen molar-refractivity contribution in [3.05, 3.63) is 6.33 Å². The quantitative estimate of drug-likeness (QED) is 0.818. The smallest absolute Gasteiger partial charge is 0.186 e. The van der Waals surface area contributed by atoms with Crippen molar-refractivity contribution >= 4 is 11.8 Å².